The zero-order valence-electron chi connectivity index (χ0n) is 15.1. The van der Waals surface area contributed by atoms with Gasteiger partial charge in [-0.2, -0.15) is 0 Å². The fraction of sp³-hybridized carbons (Fsp3) is 0.944. The van der Waals surface area contributed by atoms with Crippen LogP contribution >= 0.6 is 0 Å². The molecule has 0 aromatic rings. The first-order chi connectivity index (χ1) is 11.0. The Kier molecular flexibility index (Phi) is 7.15. The van der Waals surface area contributed by atoms with Crippen LogP contribution < -0.4 is 5.32 Å². The smallest absolute Gasteiger partial charge is 0.317 e. The van der Waals surface area contributed by atoms with Crippen molar-refractivity contribution in [1.29, 1.82) is 0 Å². The second-order valence-electron chi connectivity index (χ2n) is 7.86. The van der Waals surface area contributed by atoms with Crippen molar-refractivity contribution in [2.75, 3.05) is 33.2 Å². The van der Waals surface area contributed by atoms with Gasteiger partial charge in [-0.1, -0.05) is 26.7 Å². The molecule has 0 aromatic heterocycles. The molecule has 1 aliphatic heterocycles. The van der Waals surface area contributed by atoms with E-state index in [-0.39, 0.29) is 18.1 Å². The van der Waals surface area contributed by atoms with E-state index in [1.54, 1.807) is 4.90 Å². The molecule has 5 nitrogen and oxygen atoms in total. The monoisotopic (exact) mass is 325 g/mol. The fourth-order valence-electron chi connectivity index (χ4n) is 4.01. The fourth-order valence-corrected chi connectivity index (χ4v) is 4.01. The number of hydrogen-bond donors (Lipinski definition) is 2. The molecule has 0 bridgehead atoms. The molecule has 2 unspecified atom stereocenters. The molecular weight excluding hydrogens is 290 g/mol. The highest BCUT2D eigenvalue weighted by atomic mass is 16.3. The van der Waals surface area contributed by atoms with Gasteiger partial charge in [-0.3, -0.25) is 4.90 Å². The van der Waals surface area contributed by atoms with Gasteiger partial charge in [0.15, 0.2) is 0 Å². The van der Waals surface area contributed by atoms with Gasteiger partial charge < -0.3 is 15.3 Å². The summed E-state index contributed by atoms with van der Waals surface area (Å²) in [7, 11) is 1.84. The second kappa shape index (κ2) is 8.88. The third-order valence-corrected chi connectivity index (χ3v) is 5.31. The lowest BCUT2D eigenvalue weighted by Gasteiger charge is -2.32. The van der Waals surface area contributed by atoms with Crippen LogP contribution in [0.4, 0.5) is 4.79 Å². The molecular formula is C18H35N3O2. The number of carbonyl (C=O) groups excluding carboxylic acids is 1. The van der Waals surface area contributed by atoms with Crippen molar-refractivity contribution in [3.8, 4) is 0 Å². The molecule has 2 amide bonds. The number of likely N-dealkylation sites (tertiary alicyclic amines) is 1. The lowest BCUT2D eigenvalue weighted by Crippen LogP contribution is -2.47. The summed E-state index contributed by atoms with van der Waals surface area (Å²) in [6.07, 6.45) is 6.37. The summed E-state index contributed by atoms with van der Waals surface area (Å²) in [6.45, 7) is 8.17. The molecule has 3 atom stereocenters. The van der Waals surface area contributed by atoms with Gasteiger partial charge >= 0.3 is 6.03 Å². The first kappa shape index (κ1) is 18.5. The van der Waals surface area contributed by atoms with Crippen molar-refractivity contribution in [2.24, 2.45) is 11.8 Å². The average Bonchev–Trinajstić information content (AvgIpc) is 2.93. The molecule has 1 saturated heterocycles. The molecule has 1 aliphatic carbocycles. The van der Waals surface area contributed by atoms with E-state index in [9.17, 15) is 9.90 Å². The molecule has 23 heavy (non-hydrogen) atoms. The van der Waals surface area contributed by atoms with Crippen molar-refractivity contribution < 1.29 is 9.90 Å². The van der Waals surface area contributed by atoms with E-state index in [0.29, 0.717) is 18.5 Å². The zero-order chi connectivity index (χ0) is 16.8. The SMILES string of the molecule is CC(C)CN1CCC[C@@H]1CNC(=O)N(C)CC1CCCCC1O. The Hall–Kier alpha value is -0.810. The van der Waals surface area contributed by atoms with E-state index in [1.165, 1.54) is 19.3 Å². The van der Waals surface area contributed by atoms with Crippen LogP contribution in [0, 0.1) is 11.8 Å². The number of nitrogens with one attached hydrogen (secondary N) is 1. The molecule has 2 rings (SSSR count). The summed E-state index contributed by atoms with van der Waals surface area (Å²) in [4.78, 5) is 16.6. The highest BCUT2D eigenvalue weighted by molar-refractivity contribution is 5.73. The molecule has 2 N–H and O–H groups in total. The van der Waals surface area contributed by atoms with Crippen molar-refractivity contribution in [2.45, 2.75) is 64.5 Å². The van der Waals surface area contributed by atoms with Crippen LogP contribution in [0.5, 0.6) is 0 Å². The molecule has 2 aliphatic rings. The van der Waals surface area contributed by atoms with Crippen LogP contribution in [-0.4, -0.2) is 66.3 Å². The summed E-state index contributed by atoms with van der Waals surface area (Å²) in [5, 5.41) is 13.2. The van der Waals surface area contributed by atoms with Crippen LogP contribution in [0.25, 0.3) is 0 Å². The van der Waals surface area contributed by atoms with Crippen molar-refractivity contribution in [3.63, 3.8) is 0 Å². The van der Waals surface area contributed by atoms with Crippen LogP contribution in [0.15, 0.2) is 0 Å². The largest absolute Gasteiger partial charge is 0.393 e. The van der Waals surface area contributed by atoms with Crippen molar-refractivity contribution in [1.82, 2.24) is 15.1 Å². The minimum Gasteiger partial charge on any atom is -0.393 e. The van der Waals surface area contributed by atoms with E-state index >= 15 is 0 Å². The minimum absolute atomic E-state index is 0.000768. The third-order valence-electron chi connectivity index (χ3n) is 5.31. The molecule has 2 fully saturated rings. The van der Waals surface area contributed by atoms with Gasteiger partial charge in [0.1, 0.15) is 0 Å². The van der Waals surface area contributed by atoms with Gasteiger partial charge in [0.25, 0.3) is 0 Å². The minimum atomic E-state index is -0.240. The van der Waals surface area contributed by atoms with Gasteiger partial charge in [-0.15, -0.1) is 0 Å². The summed E-state index contributed by atoms with van der Waals surface area (Å²) >= 11 is 0. The molecule has 0 aromatic carbocycles. The molecule has 5 heteroatoms. The quantitative estimate of drug-likeness (QED) is 0.788. The van der Waals surface area contributed by atoms with E-state index in [0.717, 1.165) is 38.9 Å². The van der Waals surface area contributed by atoms with Crippen molar-refractivity contribution >= 4 is 6.03 Å². The van der Waals surface area contributed by atoms with Crippen LogP contribution in [-0.2, 0) is 0 Å². The van der Waals surface area contributed by atoms with Gasteiger partial charge in [0, 0.05) is 38.6 Å². The van der Waals surface area contributed by atoms with Crippen molar-refractivity contribution in [3.05, 3.63) is 0 Å². The van der Waals surface area contributed by atoms with E-state index in [4.69, 9.17) is 0 Å². The number of amides is 2. The second-order valence-corrected chi connectivity index (χ2v) is 7.86. The number of urea groups is 1. The van der Waals surface area contributed by atoms with Crippen LogP contribution in [0.3, 0.4) is 0 Å². The van der Waals surface area contributed by atoms with E-state index in [1.807, 2.05) is 7.05 Å². The number of nitrogens with zero attached hydrogens (tertiary/aromatic N) is 2. The normalized spacial score (nSPS) is 29.0. The highest BCUT2D eigenvalue weighted by Gasteiger charge is 2.27. The lowest BCUT2D eigenvalue weighted by atomic mass is 9.86. The first-order valence-electron chi connectivity index (χ1n) is 9.38. The number of aliphatic hydroxyl groups is 1. The summed E-state index contributed by atoms with van der Waals surface area (Å²) < 4.78 is 0. The Morgan fingerprint density at radius 2 is 2.00 bits per heavy atom. The highest BCUT2D eigenvalue weighted by Crippen LogP contribution is 2.25. The van der Waals surface area contributed by atoms with Crippen LogP contribution in [0.1, 0.15) is 52.4 Å². The molecule has 1 heterocycles. The maximum atomic E-state index is 12.3. The third kappa shape index (κ3) is 5.64. The maximum Gasteiger partial charge on any atom is 0.317 e. The molecule has 0 radical (unpaired) electrons. The predicted octanol–water partition coefficient (Wildman–Crippen LogP) is 2.30. The average molecular weight is 325 g/mol. The molecule has 0 spiro atoms. The Labute approximate surface area is 141 Å². The summed E-state index contributed by atoms with van der Waals surface area (Å²) in [5.41, 5.74) is 0. The first-order valence-corrected chi connectivity index (χ1v) is 9.38. The van der Waals surface area contributed by atoms with E-state index < -0.39 is 0 Å². The van der Waals surface area contributed by atoms with E-state index in [2.05, 4.69) is 24.1 Å². The Balaban J connectivity index is 1.73. The Bertz CT molecular complexity index is 375. The Morgan fingerprint density at radius 3 is 2.70 bits per heavy atom. The maximum absolute atomic E-state index is 12.3. The van der Waals surface area contributed by atoms with Gasteiger partial charge in [0.05, 0.1) is 6.10 Å². The summed E-state index contributed by atoms with van der Waals surface area (Å²) in [5.74, 6) is 0.908. The molecule has 1 saturated carbocycles. The van der Waals surface area contributed by atoms with Gasteiger partial charge in [-0.25, -0.2) is 4.79 Å². The predicted molar refractivity (Wildman–Crippen MR) is 93.4 cm³/mol. The van der Waals surface area contributed by atoms with Gasteiger partial charge in [0.2, 0.25) is 0 Å². The number of hydrogen-bond acceptors (Lipinski definition) is 3. The summed E-state index contributed by atoms with van der Waals surface area (Å²) in [6, 6.07) is 0.481. The number of aliphatic hydroxyl groups excluding tert-OH is 1. The Morgan fingerprint density at radius 1 is 1.26 bits per heavy atom. The standard InChI is InChI=1S/C18H35N3O2/c1-14(2)12-21-10-6-8-16(21)11-19-18(23)20(3)13-15-7-4-5-9-17(15)22/h14-17,22H,4-13H2,1-3H3,(H,19,23)/t15?,16-,17?/m1/s1. The molecule has 134 valence electrons. The zero-order valence-corrected chi connectivity index (χ0v) is 15.1. The number of carbonyl (C=O) groups is 1. The van der Waals surface area contributed by atoms with Crippen LogP contribution in [0.2, 0.25) is 0 Å². The lowest BCUT2D eigenvalue weighted by molar-refractivity contribution is 0.0563. The van der Waals surface area contributed by atoms with Gasteiger partial charge in [-0.05, 0) is 38.1 Å². The topological polar surface area (TPSA) is 55.8 Å². The number of rotatable bonds is 6.